The van der Waals surface area contributed by atoms with Gasteiger partial charge in [0.15, 0.2) is 10.8 Å². The maximum atomic E-state index is 14.2. The van der Waals surface area contributed by atoms with Crippen LogP contribution in [0.4, 0.5) is 18.3 Å². The van der Waals surface area contributed by atoms with E-state index < -0.39 is 47.5 Å². The van der Waals surface area contributed by atoms with E-state index in [0.717, 1.165) is 32.9 Å². The molecule has 2 saturated heterocycles. The molecule has 2 fully saturated rings. The normalized spacial score (nSPS) is 20.2. The molecule has 0 unspecified atom stereocenters. The number of hydrogen-bond donors (Lipinski definition) is 3. The molecule has 3 aliphatic rings. The number of oxime groups is 1. The van der Waals surface area contributed by atoms with Crippen LogP contribution in [0.5, 0.6) is 0 Å². The molecule has 2 atom stereocenters. The molecule has 4 N–H and O–H groups in total. The Morgan fingerprint density at radius 2 is 1.60 bits per heavy atom. The number of nitrogens with two attached hydrogens (primary N) is 1. The Balaban J connectivity index is 1.19. The minimum atomic E-state index is -4.36. The Morgan fingerprint density at radius 3 is 2.13 bits per heavy atom. The molecule has 4 heterocycles. The van der Waals surface area contributed by atoms with Gasteiger partial charge >= 0.3 is 12.1 Å². The molecule has 4 aromatic rings. The lowest BCUT2D eigenvalue weighted by atomic mass is 9.80. The van der Waals surface area contributed by atoms with Crippen molar-refractivity contribution in [2.45, 2.75) is 36.0 Å². The van der Waals surface area contributed by atoms with Crippen LogP contribution >= 0.6 is 23.1 Å². The van der Waals surface area contributed by atoms with Gasteiger partial charge in [0.2, 0.25) is 5.60 Å². The third-order valence-electron chi connectivity index (χ3n) is 9.46. The number of piperidine rings is 1. The van der Waals surface area contributed by atoms with Gasteiger partial charge in [-0.3, -0.25) is 19.4 Å². The minimum Gasteiger partial charge on any atom is -0.477 e. The van der Waals surface area contributed by atoms with Crippen molar-refractivity contribution in [2.24, 2.45) is 5.16 Å². The van der Waals surface area contributed by atoms with Gasteiger partial charge in [-0.05, 0) is 25.0 Å². The maximum Gasteiger partial charge on any atom is 0.401 e. The number of amides is 2. The second-order valence-corrected chi connectivity index (χ2v) is 15.1. The molecule has 7 rings (SSSR count). The van der Waals surface area contributed by atoms with Crippen molar-refractivity contribution in [3.05, 3.63) is 142 Å². The highest BCUT2D eigenvalue weighted by Gasteiger charge is 2.54. The summed E-state index contributed by atoms with van der Waals surface area (Å²) in [4.78, 5) is 53.6. The van der Waals surface area contributed by atoms with Gasteiger partial charge in [-0.1, -0.05) is 108 Å². The molecular weight excluding hydrogens is 754 g/mol. The maximum absolute atomic E-state index is 14.2. The predicted octanol–water partition coefficient (Wildman–Crippen LogP) is 5.76. The lowest BCUT2D eigenvalue weighted by Crippen LogP contribution is -2.71. The molecule has 55 heavy (non-hydrogen) atoms. The third-order valence-corrected chi connectivity index (χ3v) is 11.4. The van der Waals surface area contributed by atoms with Gasteiger partial charge in [-0.15, -0.1) is 23.1 Å². The first-order valence-electron chi connectivity index (χ1n) is 17.3. The number of likely N-dealkylation sites (tertiary alicyclic amines) is 1. The van der Waals surface area contributed by atoms with E-state index in [4.69, 9.17) is 10.6 Å². The minimum absolute atomic E-state index is 0.0437. The van der Waals surface area contributed by atoms with Gasteiger partial charge in [0, 0.05) is 34.4 Å². The van der Waals surface area contributed by atoms with Gasteiger partial charge in [-0.25, -0.2) is 9.78 Å². The summed E-state index contributed by atoms with van der Waals surface area (Å²) in [6.45, 7) is -0.740. The number of fused-ring (bicyclic) bond motifs is 1. The first-order chi connectivity index (χ1) is 26.4. The van der Waals surface area contributed by atoms with E-state index in [1.165, 1.54) is 16.7 Å². The van der Waals surface area contributed by atoms with E-state index in [-0.39, 0.29) is 41.1 Å². The van der Waals surface area contributed by atoms with Crippen LogP contribution in [-0.2, 0) is 24.8 Å². The number of carbonyl (C=O) groups is 3. The number of aromatic nitrogens is 1. The molecule has 3 aliphatic heterocycles. The van der Waals surface area contributed by atoms with Crippen LogP contribution in [0.3, 0.4) is 0 Å². The van der Waals surface area contributed by atoms with Crippen LogP contribution in [0.1, 0.15) is 35.2 Å². The number of thiazole rings is 1. The van der Waals surface area contributed by atoms with Crippen LogP contribution in [0.15, 0.2) is 124 Å². The van der Waals surface area contributed by atoms with Gasteiger partial charge in [-0.2, -0.15) is 13.2 Å². The molecule has 0 bridgehead atoms. The summed E-state index contributed by atoms with van der Waals surface area (Å²) >= 11 is 2.33. The fraction of sp³-hybridized carbons (Fsp3) is 0.256. The highest BCUT2D eigenvalue weighted by Crippen LogP contribution is 2.43. The first kappa shape index (κ1) is 37.8. The van der Waals surface area contributed by atoms with Gasteiger partial charge in [0.05, 0.1) is 6.54 Å². The zero-order chi connectivity index (χ0) is 38.7. The SMILES string of the molecule is Nc1nc(C(=NOC(c2ccccc2)(c2ccccc2)c2ccccc2)C(=O)N[C@@H]2C(=O)N3C(C(=O)O)=C(C=C4CCCN(CC(F)(F)F)C4)CS[C@H]23)cs1. The van der Waals surface area contributed by atoms with Crippen molar-refractivity contribution in [1.29, 1.82) is 0 Å². The number of nitrogen functional groups attached to an aromatic ring is 1. The fourth-order valence-corrected chi connectivity index (χ4v) is 8.94. The Labute approximate surface area is 322 Å². The lowest BCUT2D eigenvalue weighted by Gasteiger charge is -2.49. The molecule has 11 nitrogen and oxygen atoms in total. The van der Waals surface area contributed by atoms with E-state index in [9.17, 15) is 32.7 Å². The molecule has 0 saturated carbocycles. The van der Waals surface area contributed by atoms with Gasteiger partial charge < -0.3 is 21.0 Å². The number of nitrogens with zero attached hydrogens (tertiary/aromatic N) is 4. The van der Waals surface area contributed by atoms with Crippen LogP contribution in [0, 0.1) is 0 Å². The number of nitrogens with one attached hydrogen (secondary N) is 1. The summed E-state index contributed by atoms with van der Waals surface area (Å²) < 4.78 is 39.2. The zero-order valence-electron chi connectivity index (χ0n) is 29.1. The first-order valence-corrected chi connectivity index (χ1v) is 19.2. The largest absolute Gasteiger partial charge is 0.477 e. The number of aliphatic carboxylic acids is 1. The Bertz CT molecular complexity index is 2070. The number of carboxylic acid groups (broad SMARTS) is 1. The zero-order valence-corrected chi connectivity index (χ0v) is 30.7. The second-order valence-electron chi connectivity index (χ2n) is 13.2. The summed E-state index contributed by atoms with van der Waals surface area (Å²) in [6.07, 6.45) is -1.76. The number of β-lactam (4-membered cyclic amide) rings is 1. The number of halogens is 3. The van der Waals surface area contributed by atoms with Crippen LogP contribution in [-0.4, -0.2) is 86.4 Å². The van der Waals surface area contributed by atoms with E-state index >= 15 is 0 Å². The molecule has 1 aromatic heterocycles. The third kappa shape index (κ3) is 7.88. The topological polar surface area (TPSA) is 150 Å². The molecule has 16 heteroatoms. The van der Waals surface area contributed by atoms with Crippen LogP contribution in [0.2, 0.25) is 0 Å². The molecule has 3 aromatic carbocycles. The Hall–Kier alpha value is -5.45. The Kier molecular flexibility index (Phi) is 10.8. The summed E-state index contributed by atoms with van der Waals surface area (Å²) in [7, 11) is 0. The summed E-state index contributed by atoms with van der Waals surface area (Å²) in [5.74, 6) is -2.66. The van der Waals surface area contributed by atoms with Crippen molar-refractivity contribution in [2.75, 3.05) is 31.1 Å². The molecule has 2 amide bonds. The fourth-order valence-electron chi connectivity index (χ4n) is 7.08. The monoisotopic (exact) mass is 788 g/mol. The van der Waals surface area contributed by atoms with E-state index in [1.54, 1.807) is 11.5 Å². The number of carbonyl (C=O) groups excluding carboxylic acids is 2. The average molecular weight is 789 g/mol. The summed E-state index contributed by atoms with van der Waals surface area (Å²) in [5, 5.41) is 18.4. The molecule has 0 aliphatic carbocycles. The highest BCUT2D eigenvalue weighted by molar-refractivity contribution is 8.00. The van der Waals surface area contributed by atoms with Crippen molar-refractivity contribution < 1.29 is 37.5 Å². The smallest absolute Gasteiger partial charge is 0.401 e. The van der Waals surface area contributed by atoms with E-state index in [0.29, 0.717) is 24.0 Å². The van der Waals surface area contributed by atoms with Crippen molar-refractivity contribution >= 4 is 51.7 Å². The molecule has 0 spiro atoms. The number of thioether (sulfide) groups is 1. The second kappa shape index (κ2) is 15.7. The number of allylic oxidation sites excluding steroid dienone is 1. The Morgan fingerprint density at radius 1 is 1.00 bits per heavy atom. The van der Waals surface area contributed by atoms with Crippen LogP contribution < -0.4 is 11.1 Å². The molecule has 0 radical (unpaired) electrons. The summed E-state index contributed by atoms with van der Waals surface area (Å²) in [6, 6.07) is 27.1. The molecular formula is C39H35F3N6O5S2. The number of alkyl halides is 3. The lowest BCUT2D eigenvalue weighted by molar-refractivity contribution is -0.150. The molecule has 284 valence electrons. The van der Waals surface area contributed by atoms with E-state index in [1.807, 2.05) is 91.0 Å². The standard InChI is InChI=1S/C39H35F3N6O5S2/c40-38(41,42)23-47-18-10-11-24(20-47)19-25-21-54-35-31(34(50)48(35)32(25)36(51)52)45-33(49)30(29-22-55-37(43)44-29)46-53-39(26-12-4-1-5-13-26,27-14-6-2-7-15-27)28-16-8-3-9-17-28/h1-9,12-17,19,22,31,35H,10-11,18,20-21,23H2,(H2,43,44)(H,45,49)(H,51,52)/t31-,35-/m1/s1. The van der Waals surface area contributed by atoms with Gasteiger partial charge in [0.25, 0.3) is 11.8 Å². The quantitative estimate of drug-likeness (QED) is 0.0747. The number of anilines is 1. The number of benzene rings is 3. The highest BCUT2D eigenvalue weighted by atomic mass is 32.2. The number of rotatable bonds is 11. The van der Waals surface area contributed by atoms with E-state index in [2.05, 4.69) is 15.5 Å². The summed E-state index contributed by atoms with van der Waals surface area (Å²) in [5.41, 5.74) is 7.36. The number of carboxylic acids is 1. The number of hydrogen-bond acceptors (Lipinski definition) is 10. The van der Waals surface area contributed by atoms with Crippen LogP contribution in [0.25, 0.3) is 0 Å². The average Bonchev–Trinajstić information content (AvgIpc) is 3.61. The van der Waals surface area contributed by atoms with Crippen molar-refractivity contribution in [1.82, 2.24) is 20.1 Å². The van der Waals surface area contributed by atoms with Crippen molar-refractivity contribution in [3.63, 3.8) is 0 Å². The van der Waals surface area contributed by atoms with Gasteiger partial charge in [0.1, 0.15) is 22.8 Å². The van der Waals surface area contributed by atoms with Crippen molar-refractivity contribution in [3.8, 4) is 0 Å². The predicted molar refractivity (Wildman–Crippen MR) is 203 cm³/mol.